The van der Waals surface area contributed by atoms with Crippen LogP contribution < -0.4 is 0 Å². The summed E-state index contributed by atoms with van der Waals surface area (Å²) in [4.78, 5) is 0. The highest BCUT2D eigenvalue weighted by atomic mass is 16.7. The topological polar surface area (TPSA) is 18.5 Å². The van der Waals surface area contributed by atoms with Gasteiger partial charge in [-0.1, -0.05) is 44.9 Å². The van der Waals surface area contributed by atoms with Gasteiger partial charge in [0.2, 0.25) is 0 Å². The molecule has 1 saturated carbocycles. The first-order chi connectivity index (χ1) is 7.79. The van der Waals surface area contributed by atoms with Gasteiger partial charge in [-0.3, -0.25) is 0 Å². The van der Waals surface area contributed by atoms with Crippen LogP contribution in [0, 0.1) is 0 Å². The Balaban J connectivity index is 2.14. The molecule has 1 rings (SSSR count). The second kappa shape index (κ2) is 9.00. The van der Waals surface area contributed by atoms with Gasteiger partial charge in [-0.25, -0.2) is 0 Å². The van der Waals surface area contributed by atoms with Gasteiger partial charge in [-0.05, 0) is 26.7 Å². The average molecular weight is 228 g/mol. The summed E-state index contributed by atoms with van der Waals surface area (Å²) in [5, 5.41) is 0. The summed E-state index contributed by atoms with van der Waals surface area (Å²) in [6.07, 6.45) is 12.8. The first-order valence-electron chi connectivity index (χ1n) is 7.02. The molecule has 0 aromatic heterocycles. The third-order valence-electron chi connectivity index (χ3n) is 3.26. The van der Waals surface area contributed by atoms with Crippen LogP contribution >= 0.6 is 0 Å². The summed E-state index contributed by atoms with van der Waals surface area (Å²) >= 11 is 0. The summed E-state index contributed by atoms with van der Waals surface area (Å²) in [6.45, 7) is 4.58. The number of ether oxygens (including phenoxy) is 2. The summed E-state index contributed by atoms with van der Waals surface area (Å²) in [5.41, 5.74) is 0. The fourth-order valence-electron chi connectivity index (χ4n) is 2.21. The Morgan fingerprint density at radius 1 is 0.875 bits per heavy atom. The van der Waals surface area contributed by atoms with Crippen LogP contribution in [-0.4, -0.2) is 19.0 Å². The number of hydrogen-bond donors (Lipinski definition) is 0. The van der Waals surface area contributed by atoms with E-state index in [1.807, 2.05) is 0 Å². The van der Waals surface area contributed by atoms with Gasteiger partial charge < -0.3 is 9.47 Å². The Morgan fingerprint density at radius 2 is 1.38 bits per heavy atom. The molecule has 0 amide bonds. The van der Waals surface area contributed by atoms with Crippen LogP contribution in [0.1, 0.15) is 71.6 Å². The van der Waals surface area contributed by atoms with Gasteiger partial charge in [0.1, 0.15) is 6.79 Å². The van der Waals surface area contributed by atoms with Crippen molar-refractivity contribution in [2.24, 2.45) is 0 Å². The quantitative estimate of drug-likeness (QED) is 0.669. The summed E-state index contributed by atoms with van der Waals surface area (Å²) in [5.74, 6) is 0. The Morgan fingerprint density at radius 3 is 1.88 bits per heavy atom. The van der Waals surface area contributed by atoms with E-state index in [2.05, 4.69) is 13.8 Å². The minimum Gasteiger partial charge on any atom is -0.353 e. The van der Waals surface area contributed by atoms with E-state index >= 15 is 0 Å². The molecule has 2 heteroatoms. The third kappa shape index (κ3) is 7.24. The Labute approximate surface area is 101 Å². The smallest absolute Gasteiger partial charge is 0.147 e. The van der Waals surface area contributed by atoms with Crippen LogP contribution in [-0.2, 0) is 9.47 Å². The molecule has 1 fully saturated rings. The van der Waals surface area contributed by atoms with Crippen molar-refractivity contribution in [2.75, 3.05) is 6.79 Å². The molecule has 0 heterocycles. The fourth-order valence-corrected chi connectivity index (χ4v) is 2.21. The largest absolute Gasteiger partial charge is 0.353 e. The van der Waals surface area contributed by atoms with Crippen LogP contribution in [0.3, 0.4) is 0 Å². The molecule has 96 valence electrons. The lowest BCUT2D eigenvalue weighted by molar-refractivity contribution is -0.113. The highest BCUT2D eigenvalue weighted by Gasteiger charge is 2.10. The predicted molar refractivity (Wildman–Crippen MR) is 67.5 cm³/mol. The normalized spacial score (nSPS) is 21.2. The highest BCUT2D eigenvalue weighted by molar-refractivity contribution is 4.61. The van der Waals surface area contributed by atoms with Crippen LogP contribution in [0.5, 0.6) is 0 Å². The van der Waals surface area contributed by atoms with E-state index in [4.69, 9.17) is 9.47 Å². The van der Waals surface area contributed by atoms with Crippen LogP contribution in [0.4, 0.5) is 0 Å². The minimum atomic E-state index is 0.277. The maximum Gasteiger partial charge on any atom is 0.147 e. The van der Waals surface area contributed by atoms with Crippen molar-refractivity contribution in [3.05, 3.63) is 0 Å². The van der Waals surface area contributed by atoms with Gasteiger partial charge in [0.15, 0.2) is 0 Å². The van der Waals surface area contributed by atoms with Gasteiger partial charge in [0.05, 0.1) is 12.2 Å². The number of rotatable bonds is 4. The molecule has 0 aromatic carbocycles. The zero-order valence-electron chi connectivity index (χ0n) is 11.0. The molecule has 2 nitrogen and oxygen atoms in total. The molecule has 16 heavy (non-hydrogen) atoms. The standard InChI is InChI=1S/C14H28O2/c1-13(2)15-12-16-14-10-8-6-4-3-5-7-9-11-14/h13-14H,3-12H2,1-2H3. The molecular weight excluding hydrogens is 200 g/mol. The molecule has 0 saturated heterocycles. The summed E-state index contributed by atoms with van der Waals surface area (Å²) in [6, 6.07) is 0. The van der Waals surface area contributed by atoms with Crippen molar-refractivity contribution in [3.63, 3.8) is 0 Å². The lowest BCUT2D eigenvalue weighted by Crippen LogP contribution is -2.17. The van der Waals surface area contributed by atoms with Crippen molar-refractivity contribution in [3.8, 4) is 0 Å². The van der Waals surface area contributed by atoms with Crippen LogP contribution in [0.15, 0.2) is 0 Å². The molecular formula is C14H28O2. The second-order valence-electron chi connectivity index (χ2n) is 5.17. The first-order valence-corrected chi connectivity index (χ1v) is 7.02. The van der Waals surface area contributed by atoms with E-state index in [0.29, 0.717) is 12.9 Å². The molecule has 0 aromatic rings. The van der Waals surface area contributed by atoms with Crippen molar-refractivity contribution >= 4 is 0 Å². The Hall–Kier alpha value is -0.0800. The van der Waals surface area contributed by atoms with Crippen molar-refractivity contribution in [2.45, 2.75) is 83.8 Å². The molecule has 0 atom stereocenters. The van der Waals surface area contributed by atoms with E-state index in [0.717, 1.165) is 0 Å². The Kier molecular flexibility index (Phi) is 7.87. The van der Waals surface area contributed by atoms with Gasteiger partial charge >= 0.3 is 0 Å². The molecule has 0 spiro atoms. The zero-order valence-corrected chi connectivity index (χ0v) is 11.0. The fraction of sp³-hybridized carbons (Fsp3) is 1.00. The summed E-state index contributed by atoms with van der Waals surface area (Å²) in [7, 11) is 0. The highest BCUT2D eigenvalue weighted by Crippen LogP contribution is 2.19. The van der Waals surface area contributed by atoms with Gasteiger partial charge in [-0.15, -0.1) is 0 Å². The van der Waals surface area contributed by atoms with E-state index < -0.39 is 0 Å². The maximum absolute atomic E-state index is 5.80. The first kappa shape index (κ1) is 14.0. The van der Waals surface area contributed by atoms with Crippen LogP contribution in [0.25, 0.3) is 0 Å². The molecule has 0 unspecified atom stereocenters. The van der Waals surface area contributed by atoms with E-state index in [-0.39, 0.29) is 6.10 Å². The van der Waals surface area contributed by atoms with E-state index in [1.165, 1.54) is 57.8 Å². The van der Waals surface area contributed by atoms with Gasteiger partial charge in [0, 0.05) is 0 Å². The van der Waals surface area contributed by atoms with Crippen molar-refractivity contribution in [1.82, 2.24) is 0 Å². The van der Waals surface area contributed by atoms with E-state index in [9.17, 15) is 0 Å². The minimum absolute atomic E-state index is 0.277. The van der Waals surface area contributed by atoms with E-state index in [1.54, 1.807) is 0 Å². The molecule has 0 bridgehead atoms. The van der Waals surface area contributed by atoms with Crippen molar-refractivity contribution in [1.29, 1.82) is 0 Å². The number of hydrogen-bond acceptors (Lipinski definition) is 2. The lowest BCUT2D eigenvalue weighted by atomic mass is 9.99. The van der Waals surface area contributed by atoms with Crippen LogP contribution in [0.2, 0.25) is 0 Å². The molecule has 1 aliphatic carbocycles. The zero-order chi connectivity index (χ0) is 11.6. The molecule has 0 aliphatic heterocycles. The van der Waals surface area contributed by atoms with Crippen molar-refractivity contribution < 1.29 is 9.47 Å². The monoisotopic (exact) mass is 228 g/mol. The van der Waals surface area contributed by atoms with Gasteiger partial charge in [-0.2, -0.15) is 0 Å². The second-order valence-corrected chi connectivity index (χ2v) is 5.17. The van der Waals surface area contributed by atoms with Gasteiger partial charge in [0.25, 0.3) is 0 Å². The molecule has 0 N–H and O–H groups in total. The third-order valence-corrected chi connectivity index (χ3v) is 3.26. The molecule has 1 aliphatic rings. The molecule has 0 radical (unpaired) electrons. The maximum atomic E-state index is 5.80. The predicted octanol–water partition coefficient (Wildman–Crippen LogP) is 4.28. The Bertz CT molecular complexity index is 147. The lowest BCUT2D eigenvalue weighted by Gasteiger charge is -2.20. The SMILES string of the molecule is CC(C)OCOC1CCCCCCCCC1. The average Bonchev–Trinajstić information content (AvgIpc) is 2.26. The summed E-state index contributed by atoms with van der Waals surface area (Å²) < 4.78 is 11.3.